The number of quaternary nitrogens is 1. The van der Waals surface area contributed by atoms with Crippen molar-refractivity contribution in [2.75, 3.05) is 26.2 Å². The van der Waals surface area contributed by atoms with Crippen LogP contribution in [0.15, 0.2) is 48.5 Å². The Hall–Kier alpha value is -1.85. The molecule has 0 amide bonds. The van der Waals surface area contributed by atoms with Gasteiger partial charge in [-0.3, -0.25) is 0 Å². The molecule has 2 aromatic rings. The highest BCUT2D eigenvalue weighted by Crippen LogP contribution is 2.31. The molecule has 2 nitrogen and oxygen atoms in total. The van der Waals surface area contributed by atoms with Crippen molar-refractivity contribution in [1.82, 2.24) is 4.90 Å². The Kier molecular flexibility index (Phi) is 6.55. The van der Waals surface area contributed by atoms with Gasteiger partial charge in [0.25, 0.3) is 0 Å². The first-order valence-electron chi connectivity index (χ1n) is 9.76. The Morgan fingerprint density at radius 2 is 1.48 bits per heavy atom. The lowest BCUT2D eigenvalue weighted by molar-refractivity contribution is -0.676. The summed E-state index contributed by atoms with van der Waals surface area (Å²) in [6, 6.07) is 13.5. The van der Waals surface area contributed by atoms with Crippen molar-refractivity contribution in [3.63, 3.8) is 0 Å². The van der Waals surface area contributed by atoms with Crippen LogP contribution < -0.4 is 5.32 Å². The summed E-state index contributed by atoms with van der Waals surface area (Å²) in [6.07, 6.45) is -1.71. The van der Waals surface area contributed by atoms with Crippen LogP contribution in [0.1, 0.15) is 30.9 Å². The van der Waals surface area contributed by atoms with E-state index in [1.165, 1.54) is 43.6 Å². The highest BCUT2D eigenvalue weighted by atomic mass is 19.4. The summed E-state index contributed by atoms with van der Waals surface area (Å²) in [6.45, 7) is 7.93. The van der Waals surface area contributed by atoms with Gasteiger partial charge in [-0.05, 0) is 55.7 Å². The minimum absolute atomic E-state index is 0.609. The first kappa shape index (κ1) is 19.9. The Morgan fingerprint density at radius 1 is 0.926 bits per heavy atom. The second kappa shape index (κ2) is 8.89. The van der Waals surface area contributed by atoms with E-state index in [1.54, 1.807) is 0 Å². The lowest BCUT2D eigenvalue weighted by Crippen LogP contribution is -2.84. The molecule has 0 aliphatic carbocycles. The van der Waals surface area contributed by atoms with E-state index in [9.17, 15) is 13.2 Å². The highest BCUT2D eigenvalue weighted by molar-refractivity contribution is 5.64. The van der Waals surface area contributed by atoms with Crippen LogP contribution in [0.2, 0.25) is 0 Å². The van der Waals surface area contributed by atoms with Crippen molar-refractivity contribution in [1.29, 1.82) is 0 Å². The van der Waals surface area contributed by atoms with E-state index < -0.39 is 11.7 Å². The number of piperidine rings is 1. The molecule has 0 bridgehead atoms. The second-order valence-electron chi connectivity index (χ2n) is 7.38. The van der Waals surface area contributed by atoms with Crippen molar-refractivity contribution in [3.05, 3.63) is 59.7 Å². The van der Waals surface area contributed by atoms with E-state index in [4.69, 9.17) is 0 Å². The van der Waals surface area contributed by atoms with E-state index >= 15 is 0 Å². The van der Waals surface area contributed by atoms with Gasteiger partial charge in [-0.25, -0.2) is 0 Å². The maximum absolute atomic E-state index is 12.7. The van der Waals surface area contributed by atoms with Crippen molar-refractivity contribution in [2.45, 2.75) is 32.5 Å². The molecule has 2 aromatic carbocycles. The smallest absolute Gasteiger partial charge is 0.342 e. The highest BCUT2D eigenvalue weighted by Gasteiger charge is 2.29. The molecule has 0 spiro atoms. The van der Waals surface area contributed by atoms with Crippen molar-refractivity contribution >= 4 is 0 Å². The van der Waals surface area contributed by atoms with Crippen LogP contribution in [-0.4, -0.2) is 31.1 Å². The SMILES string of the molecule is CCN1CCC(C[NH2+]Cc2ccc(-c3ccc(C(F)(F)F)cc3)cc2)CC1. The van der Waals surface area contributed by atoms with Crippen LogP contribution in [0.25, 0.3) is 11.1 Å². The molecule has 5 heteroatoms. The van der Waals surface area contributed by atoms with Crippen LogP contribution in [0.5, 0.6) is 0 Å². The lowest BCUT2D eigenvalue weighted by Gasteiger charge is -2.30. The second-order valence-corrected chi connectivity index (χ2v) is 7.38. The first-order valence-corrected chi connectivity index (χ1v) is 9.76. The van der Waals surface area contributed by atoms with Gasteiger partial charge in [-0.2, -0.15) is 13.2 Å². The summed E-state index contributed by atoms with van der Waals surface area (Å²) >= 11 is 0. The van der Waals surface area contributed by atoms with Gasteiger partial charge >= 0.3 is 6.18 Å². The van der Waals surface area contributed by atoms with Gasteiger partial charge in [0.15, 0.2) is 0 Å². The Balaban J connectivity index is 1.49. The predicted molar refractivity (Wildman–Crippen MR) is 102 cm³/mol. The number of hydrogen-bond acceptors (Lipinski definition) is 1. The molecule has 0 aromatic heterocycles. The largest absolute Gasteiger partial charge is 0.416 e. The molecule has 0 saturated carbocycles. The Bertz CT molecular complexity index is 700. The van der Waals surface area contributed by atoms with Gasteiger partial charge in [0, 0.05) is 11.5 Å². The zero-order valence-corrected chi connectivity index (χ0v) is 15.8. The van der Waals surface area contributed by atoms with Crippen LogP contribution in [0.3, 0.4) is 0 Å². The molecule has 146 valence electrons. The lowest BCUT2D eigenvalue weighted by atomic mass is 9.96. The van der Waals surface area contributed by atoms with Gasteiger partial charge in [0.1, 0.15) is 6.54 Å². The van der Waals surface area contributed by atoms with Crippen LogP contribution in [0, 0.1) is 5.92 Å². The van der Waals surface area contributed by atoms with Crippen LogP contribution in [-0.2, 0) is 12.7 Å². The van der Waals surface area contributed by atoms with E-state index in [2.05, 4.69) is 29.3 Å². The summed E-state index contributed by atoms with van der Waals surface area (Å²) < 4.78 is 38.0. The number of benzene rings is 2. The average molecular weight is 377 g/mol. The standard InChI is InChI=1S/C22H27F3N2/c1-2-27-13-11-18(12-14-27)16-26-15-17-3-5-19(6-4-17)20-7-9-21(10-8-20)22(23,24)25/h3-10,18,26H,2,11-16H2,1H3/p+1. The number of hydrogen-bond donors (Lipinski definition) is 1. The maximum Gasteiger partial charge on any atom is 0.416 e. The molecule has 1 heterocycles. The van der Waals surface area contributed by atoms with Crippen molar-refractivity contribution in [2.24, 2.45) is 5.92 Å². The van der Waals surface area contributed by atoms with Gasteiger partial charge in [0.05, 0.1) is 12.1 Å². The molecule has 3 rings (SSSR count). The Morgan fingerprint density at radius 3 is 2.00 bits per heavy atom. The fourth-order valence-corrected chi connectivity index (χ4v) is 3.71. The fourth-order valence-electron chi connectivity index (χ4n) is 3.71. The number of alkyl halides is 3. The monoisotopic (exact) mass is 377 g/mol. The predicted octanol–water partition coefficient (Wildman–Crippen LogP) is 4.17. The van der Waals surface area contributed by atoms with Crippen molar-refractivity contribution < 1.29 is 18.5 Å². The summed E-state index contributed by atoms with van der Waals surface area (Å²) in [7, 11) is 0. The van der Waals surface area contributed by atoms with E-state index in [-0.39, 0.29) is 0 Å². The quantitative estimate of drug-likeness (QED) is 0.801. The third-order valence-electron chi connectivity index (χ3n) is 5.53. The number of likely N-dealkylation sites (tertiary alicyclic amines) is 1. The zero-order valence-electron chi connectivity index (χ0n) is 15.8. The van der Waals surface area contributed by atoms with Crippen LogP contribution >= 0.6 is 0 Å². The number of rotatable bonds is 6. The molecule has 27 heavy (non-hydrogen) atoms. The summed E-state index contributed by atoms with van der Waals surface area (Å²) in [5.74, 6) is 0.805. The first-order chi connectivity index (χ1) is 13.0. The number of nitrogens with zero attached hydrogens (tertiary/aromatic N) is 1. The molecule has 1 aliphatic rings. The number of halogens is 3. The van der Waals surface area contributed by atoms with Gasteiger partial charge in [-0.15, -0.1) is 0 Å². The van der Waals surface area contributed by atoms with E-state index in [0.29, 0.717) is 0 Å². The maximum atomic E-state index is 12.7. The van der Waals surface area contributed by atoms with Crippen molar-refractivity contribution in [3.8, 4) is 11.1 Å². The molecule has 0 unspecified atom stereocenters. The number of nitrogens with two attached hydrogens (primary N) is 1. The zero-order chi connectivity index (χ0) is 19.3. The minimum atomic E-state index is -4.29. The topological polar surface area (TPSA) is 19.9 Å². The fraction of sp³-hybridized carbons (Fsp3) is 0.455. The normalized spacial score (nSPS) is 16.6. The van der Waals surface area contributed by atoms with Gasteiger partial charge in [0.2, 0.25) is 0 Å². The molecule has 2 N–H and O–H groups in total. The van der Waals surface area contributed by atoms with Crippen LogP contribution in [0.4, 0.5) is 13.2 Å². The molecule has 0 radical (unpaired) electrons. The molecule has 1 aliphatic heterocycles. The Labute approximate surface area is 159 Å². The molecular formula is C22H28F3N2+. The van der Waals surface area contributed by atoms with Gasteiger partial charge < -0.3 is 10.2 Å². The third kappa shape index (κ3) is 5.56. The van der Waals surface area contributed by atoms with E-state index in [0.717, 1.165) is 48.8 Å². The molecular weight excluding hydrogens is 349 g/mol. The minimum Gasteiger partial charge on any atom is -0.342 e. The van der Waals surface area contributed by atoms with E-state index in [1.807, 2.05) is 12.1 Å². The molecule has 0 atom stereocenters. The summed E-state index contributed by atoms with van der Waals surface area (Å²) in [5, 5.41) is 2.37. The molecule has 1 fully saturated rings. The molecule has 1 saturated heterocycles. The summed E-state index contributed by atoms with van der Waals surface area (Å²) in [5.41, 5.74) is 2.39. The summed E-state index contributed by atoms with van der Waals surface area (Å²) in [4.78, 5) is 2.51. The van der Waals surface area contributed by atoms with Gasteiger partial charge in [-0.1, -0.05) is 43.3 Å². The third-order valence-corrected chi connectivity index (χ3v) is 5.53. The average Bonchev–Trinajstić information content (AvgIpc) is 2.68.